The molecule has 6 nitrogen and oxygen atoms in total. The zero-order valence-corrected chi connectivity index (χ0v) is 11.7. The highest BCUT2D eigenvalue weighted by Gasteiger charge is 2.09. The minimum absolute atomic E-state index is 0.115. The van der Waals surface area contributed by atoms with E-state index in [0.29, 0.717) is 12.1 Å². The molecule has 0 aliphatic rings. The topological polar surface area (TPSA) is 79.7 Å². The number of nitrogens with zero attached hydrogens (tertiary/aromatic N) is 4. The van der Waals surface area contributed by atoms with Crippen LogP contribution in [0.15, 0.2) is 41.8 Å². The number of hydrogen-bond acceptors (Lipinski definition) is 4. The fourth-order valence-corrected chi connectivity index (χ4v) is 2.12. The van der Waals surface area contributed by atoms with Crippen LogP contribution < -0.4 is 10.6 Å². The van der Waals surface area contributed by atoms with Crippen LogP contribution in [0, 0.1) is 0 Å². The average molecular weight is 273 g/mol. The lowest BCUT2D eigenvalue weighted by atomic mass is 10.1. The Morgan fingerprint density at radius 1 is 1.50 bits per heavy atom. The first-order valence-electron chi connectivity index (χ1n) is 6.44. The van der Waals surface area contributed by atoms with Gasteiger partial charge in [-0.2, -0.15) is 0 Å². The summed E-state index contributed by atoms with van der Waals surface area (Å²) in [5, 5.41) is 11.7. The molecule has 0 radical (unpaired) electrons. The zero-order valence-electron chi connectivity index (χ0n) is 11.7. The number of imidazole rings is 1. The maximum Gasteiger partial charge on any atom is 0.205 e. The second kappa shape index (κ2) is 6.10. The number of anilines is 1. The van der Waals surface area contributed by atoms with Gasteiger partial charge in [-0.05, 0) is 18.6 Å². The Morgan fingerprint density at radius 3 is 3.00 bits per heavy atom. The van der Waals surface area contributed by atoms with Gasteiger partial charge in [0.1, 0.15) is 0 Å². The molecule has 1 heterocycles. The molecule has 0 unspecified atom stereocenters. The first-order chi connectivity index (χ1) is 9.65. The fourth-order valence-electron chi connectivity index (χ4n) is 2.12. The summed E-state index contributed by atoms with van der Waals surface area (Å²) >= 11 is 0. The summed E-state index contributed by atoms with van der Waals surface area (Å²) in [5.74, 6) is 1.03. The van der Waals surface area contributed by atoms with E-state index in [4.69, 9.17) is 10.9 Å². The third-order valence-electron chi connectivity index (χ3n) is 3.13. The number of oxime groups is 1. The maximum absolute atomic E-state index is 8.72. The van der Waals surface area contributed by atoms with Crippen molar-refractivity contribution >= 4 is 11.8 Å². The molecule has 0 spiro atoms. The van der Waals surface area contributed by atoms with E-state index in [1.807, 2.05) is 37.5 Å². The van der Waals surface area contributed by atoms with E-state index in [-0.39, 0.29) is 5.84 Å². The number of amidine groups is 1. The van der Waals surface area contributed by atoms with Gasteiger partial charge < -0.3 is 20.4 Å². The number of benzene rings is 1. The first-order valence-corrected chi connectivity index (χ1v) is 6.44. The summed E-state index contributed by atoms with van der Waals surface area (Å²) in [6.45, 7) is 3.66. The Morgan fingerprint density at radius 2 is 2.30 bits per heavy atom. The van der Waals surface area contributed by atoms with E-state index in [9.17, 15) is 0 Å². The predicted octanol–water partition coefficient (Wildman–Crippen LogP) is 1.63. The Kier molecular flexibility index (Phi) is 4.24. The largest absolute Gasteiger partial charge is 0.409 e. The van der Waals surface area contributed by atoms with Crippen molar-refractivity contribution in [2.75, 3.05) is 11.9 Å². The molecular weight excluding hydrogens is 254 g/mol. The summed E-state index contributed by atoms with van der Waals surface area (Å²) < 4.78 is 2.08. The van der Waals surface area contributed by atoms with Gasteiger partial charge in [-0.25, -0.2) is 4.98 Å². The van der Waals surface area contributed by atoms with Crippen LogP contribution in [0.3, 0.4) is 0 Å². The summed E-state index contributed by atoms with van der Waals surface area (Å²) in [5.41, 5.74) is 7.38. The van der Waals surface area contributed by atoms with Gasteiger partial charge in [-0.15, -0.1) is 0 Å². The molecule has 0 saturated heterocycles. The second-order valence-corrected chi connectivity index (χ2v) is 4.55. The summed E-state index contributed by atoms with van der Waals surface area (Å²) in [6, 6.07) is 7.61. The molecule has 0 aliphatic carbocycles. The normalized spacial score (nSPS) is 11.6. The molecule has 0 bridgehead atoms. The lowest BCUT2D eigenvalue weighted by Gasteiger charge is -2.19. The quantitative estimate of drug-likeness (QED) is 0.375. The zero-order chi connectivity index (χ0) is 14.5. The van der Waals surface area contributed by atoms with E-state index in [2.05, 4.69) is 26.5 Å². The van der Waals surface area contributed by atoms with Gasteiger partial charge in [0.15, 0.2) is 5.84 Å². The van der Waals surface area contributed by atoms with Crippen molar-refractivity contribution in [3.63, 3.8) is 0 Å². The van der Waals surface area contributed by atoms with Crippen LogP contribution >= 0.6 is 0 Å². The van der Waals surface area contributed by atoms with Crippen molar-refractivity contribution in [3.05, 3.63) is 47.8 Å². The SMILES string of the molecule is CCn1ccnc1N(C)Cc1cccc(C(N)=NO)c1. The molecule has 6 heteroatoms. The Balaban J connectivity index is 2.18. The van der Waals surface area contributed by atoms with Crippen LogP contribution in [-0.2, 0) is 13.1 Å². The van der Waals surface area contributed by atoms with Crippen molar-refractivity contribution in [2.45, 2.75) is 20.0 Å². The number of aromatic nitrogens is 2. The highest BCUT2D eigenvalue weighted by atomic mass is 16.4. The first kappa shape index (κ1) is 13.9. The third-order valence-corrected chi connectivity index (χ3v) is 3.13. The van der Waals surface area contributed by atoms with Crippen LogP contribution in [-0.4, -0.2) is 27.6 Å². The molecule has 0 saturated carbocycles. The van der Waals surface area contributed by atoms with E-state index in [1.54, 1.807) is 6.20 Å². The van der Waals surface area contributed by atoms with E-state index >= 15 is 0 Å². The third kappa shape index (κ3) is 2.90. The van der Waals surface area contributed by atoms with Crippen molar-refractivity contribution in [1.82, 2.24) is 9.55 Å². The van der Waals surface area contributed by atoms with Crippen molar-refractivity contribution in [3.8, 4) is 0 Å². The second-order valence-electron chi connectivity index (χ2n) is 4.55. The number of rotatable bonds is 5. The van der Waals surface area contributed by atoms with Crippen LogP contribution in [0.4, 0.5) is 5.95 Å². The molecule has 0 amide bonds. The van der Waals surface area contributed by atoms with Crippen molar-refractivity contribution < 1.29 is 5.21 Å². The maximum atomic E-state index is 8.72. The predicted molar refractivity (Wildman–Crippen MR) is 79.0 cm³/mol. The Hall–Kier alpha value is -2.50. The lowest BCUT2D eigenvalue weighted by Crippen LogP contribution is -2.21. The molecular formula is C14H19N5O. The molecule has 0 fully saturated rings. The fraction of sp³-hybridized carbons (Fsp3) is 0.286. The van der Waals surface area contributed by atoms with E-state index < -0.39 is 0 Å². The van der Waals surface area contributed by atoms with Gasteiger partial charge in [0.25, 0.3) is 0 Å². The van der Waals surface area contributed by atoms with Crippen molar-refractivity contribution in [1.29, 1.82) is 0 Å². The highest BCUT2D eigenvalue weighted by molar-refractivity contribution is 5.97. The van der Waals surface area contributed by atoms with Gasteiger partial charge in [0, 0.05) is 38.1 Å². The van der Waals surface area contributed by atoms with Gasteiger partial charge in [0.2, 0.25) is 5.95 Å². The van der Waals surface area contributed by atoms with Crippen LogP contribution in [0.5, 0.6) is 0 Å². The summed E-state index contributed by atoms with van der Waals surface area (Å²) in [7, 11) is 1.99. The molecule has 2 aromatic rings. The van der Waals surface area contributed by atoms with Crippen molar-refractivity contribution in [2.24, 2.45) is 10.9 Å². The smallest absolute Gasteiger partial charge is 0.205 e. The molecule has 0 atom stereocenters. The van der Waals surface area contributed by atoms with Crippen LogP contribution in [0.25, 0.3) is 0 Å². The minimum Gasteiger partial charge on any atom is -0.409 e. The van der Waals surface area contributed by atoms with Gasteiger partial charge >= 0.3 is 0 Å². The van der Waals surface area contributed by atoms with Gasteiger partial charge in [0.05, 0.1) is 0 Å². The van der Waals surface area contributed by atoms with Gasteiger partial charge in [-0.1, -0.05) is 23.4 Å². The van der Waals surface area contributed by atoms with Crippen LogP contribution in [0.2, 0.25) is 0 Å². The molecule has 1 aromatic heterocycles. The van der Waals surface area contributed by atoms with Gasteiger partial charge in [-0.3, -0.25) is 0 Å². The number of hydrogen-bond donors (Lipinski definition) is 2. The number of aryl methyl sites for hydroxylation is 1. The molecule has 1 aromatic carbocycles. The van der Waals surface area contributed by atoms with E-state index in [1.165, 1.54) is 0 Å². The highest BCUT2D eigenvalue weighted by Crippen LogP contribution is 2.14. The molecule has 3 N–H and O–H groups in total. The minimum atomic E-state index is 0.115. The summed E-state index contributed by atoms with van der Waals surface area (Å²) in [6.07, 6.45) is 3.75. The number of nitrogens with two attached hydrogens (primary N) is 1. The Labute approximate surface area is 118 Å². The summed E-state index contributed by atoms with van der Waals surface area (Å²) in [4.78, 5) is 6.42. The standard InChI is InChI=1S/C14H19N5O/c1-3-19-8-7-16-14(19)18(2)10-11-5-4-6-12(9-11)13(15)17-20/h4-9,20H,3,10H2,1-2H3,(H2,15,17). The van der Waals surface area contributed by atoms with E-state index in [0.717, 1.165) is 18.1 Å². The molecule has 106 valence electrons. The lowest BCUT2D eigenvalue weighted by molar-refractivity contribution is 0.318. The average Bonchev–Trinajstić information content (AvgIpc) is 2.95. The monoisotopic (exact) mass is 273 g/mol. The Bertz CT molecular complexity index is 605. The molecule has 20 heavy (non-hydrogen) atoms. The molecule has 2 rings (SSSR count). The molecule has 0 aliphatic heterocycles. The van der Waals surface area contributed by atoms with Crippen LogP contribution in [0.1, 0.15) is 18.1 Å².